The molecular weight excluding hydrogens is 208 g/mol. The molecular formula is C11H12N2OS. The van der Waals surface area contributed by atoms with E-state index in [0.717, 1.165) is 27.7 Å². The Kier molecular flexibility index (Phi) is 2.97. The van der Waals surface area contributed by atoms with Crippen LogP contribution in [0.1, 0.15) is 11.9 Å². The third kappa shape index (κ3) is 2.15. The van der Waals surface area contributed by atoms with Crippen LogP contribution in [-0.4, -0.2) is 17.3 Å². The molecule has 0 fully saturated rings. The summed E-state index contributed by atoms with van der Waals surface area (Å²) in [6.45, 7) is 2.08. The van der Waals surface area contributed by atoms with Gasteiger partial charge in [-0.05, 0) is 30.7 Å². The van der Waals surface area contributed by atoms with Crippen LogP contribution in [0.3, 0.4) is 0 Å². The molecule has 0 spiro atoms. The SMILES string of the molecule is CCc1nnc(-c2ccc(OC)cc2)s1. The molecule has 0 unspecified atom stereocenters. The van der Waals surface area contributed by atoms with Gasteiger partial charge in [-0.25, -0.2) is 0 Å². The summed E-state index contributed by atoms with van der Waals surface area (Å²) in [6, 6.07) is 7.86. The molecule has 0 aliphatic heterocycles. The van der Waals surface area contributed by atoms with Gasteiger partial charge in [-0.3, -0.25) is 0 Å². The molecule has 78 valence electrons. The predicted molar refractivity (Wildman–Crippen MR) is 61.3 cm³/mol. The first-order valence-electron chi connectivity index (χ1n) is 4.80. The third-order valence-corrected chi connectivity index (χ3v) is 3.22. The highest BCUT2D eigenvalue weighted by Crippen LogP contribution is 2.25. The van der Waals surface area contributed by atoms with E-state index in [0.29, 0.717) is 0 Å². The fourth-order valence-electron chi connectivity index (χ4n) is 1.25. The van der Waals surface area contributed by atoms with Crippen LogP contribution in [0.2, 0.25) is 0 Å². The van der Waals surface area contributed by atoms with Crippen molar-refractivity contribution in [3.63, 3.8) is 0 Å². The number of benzene rings is 1. The minimum absolute atomic E-state index is 0.860. The van der Waals surface area contributed by atoms with E-state index in [1.54, 1.807) is 18.4 Å². The summed E-state index contributed by atoms with van der Waals surface area (Å²) < 4.78 is 5.10. The van der Waals surface area contributed by atoms with Crippen molar-refractivity contribution in [2.24, 2.45) is 0 Å². The Hall–Kier alpha value is -1.42. The number of hydrogen-bond donors (Lipinski definition) is 0. The van der Waals surface area contributed by atoms with Crippen LogP contribution in [0, 0.1) is 0 Å². The molecule has 0 saturated carbocycles. The molecule has 1 aromatic carbocycles. The molecule has 1 heterocycles. The first kappa shape index (κ1) is 10.1. The van der Waals surface area contributed by atoms with Crippen molar-refractivity contribution in [1.29, 1.82) is 0 Å². The minimum atomic E-state index is 0.860. The molecule has 3 nitrogen and oxygen atoms in total. The van der Waals surface area contributed by atoms with Gasteiger partial charge in [0, 0.05) is 5.56 Å². The standard InChI is InChI=1S/C11H12N2OS/c1-3-10-12-13-11(15-10)8-4-6-9(14-2)7-5-8/h4-7H,3H2,1-2H3. The van der Waals surface area contributed by atoms with E-state index < -0.39 is 0 Å². The van der Waals surface area contributed by atoms with Crippen molar-refractivity contribution < 1.29 is 4.74 Å². The summed E-state index contributed by atoms with van der Waals surface area (Å²) in [5.74, 6) is 0.860. The lowest BCUT2D eigenvalue weighted by molar-refractivity contribution is 0.415. The highest BCUT2D eigenvalue weighted by molar-refractivity contribution is 7.14. The minimum Gasteiger partial charge on any atom is -0.497 e. The molecule has 1 aromatic heterocycles. The first-order valence-corrected chi connectivity index (χ1v) is 5.62. The lowest BCUT2D eigenvalue weighted by Gasteiger charge is -1.99. The zero-order valence-corrected chi connectivity index (χ0v) is 9.54. The van der Waals surface area contributed by atoms with Crippen LogP contribution in [0.25, 0.3) is 10.6 Å². The average Bonchev–Trinajstić information content (AvgIpc) is 2.78. The maximum atomic E-state index is 5.10. The summed E-state index contributed by atoms with van der Waals surface area (Å²) in [7, 11) is 1.66. The smallest absolute Gasteiger partial charge is 0.147 e. The number of ether oxygens (including phenoxy) is 1. The quantitative estimate of drug-likeness (QED) is 0.797. The molecule has 0 bridgehead atoms. The monoisotopic (exact) mass is 220 g/mol. The Morgan fingerprint density at radius 2 is 1.93 bits per heavy atom. The van der Waals surface area contributed by atoms with Crippen molar-refractivity contribution in [1.82, 2.24) is 10.2 Å². The van der Waals surface area contributed by atoms with Gasteiger partial charge < -0.3 is 4.74 Å². The van der Waals surface area contributed by atoms with Crippen molar-refractivity contribution in [2.75, 3.05) is 7.11 Å². The van der Waals surface area contributed by atoms with Gasteiger partial charge in [0.25, 0.3) is 0 Å². The molecule has 0 amide bonds. The van der Waals surface area contributed by atoms with Crippen LogP contribution in [0.4, 0.5) is 0 Å². The topological polar surface area (TPSA) is 35.0 Å². The fraction of sp³-hybridized carbons (Fsp3) is 0.273. The Morgan fingerprint density at radius 3 is 2.47 bits per heavy atom. The van der Waals surface area contributed by atoms with Crippen LogP contribution < -0.4 is 4.74 Å². The molecule has 0 aliphatic carbocycles. The number of hydrogen-bond acceptors (Lipinski definition) is 4. The highest BCUT2D eigenvalue weighted by atomic mass is 32.1. The molecule has 2 rings (SSSR count). The summed E-state index contributed by atoms with van der Waals surface area (Å²) in [4.78, 5) is 0. The van der Waals surface area contributed by atoms with E-state index in [9.17, 15) is 0 Å². The van der Waals surface area contributed by atoms with Crippen molar-refractivity contribution >= 4 is 11.3 Å². The van der Waals surface area contributed by atoms with E-state index in [1.807, 2.05) is 24.3 Å². The summed E-state index contributed by atoms with van der Waals surface area (Å²) in [5, 5.41) is 10.3. The van der Waals surface area contributed by atoms with Gasteiger partial charge in [0.2, 0.25) is 0 Å². The zero-order chi connectivity index (χ0) is 10.7. The van der Waals surface area contributed by atoms with E-state index in [4.69, 9.17) is 4.74 Å². The number of methoxy groups -OCH3 is 1. The summed E-state index contributed by atoms with van der Waals surface area (Å²) >= 11 is 1.64. The molecule has 0 atom stereocenters. The van der Waals surface area contributed by atoms with Gasteiger partial charge in [0.15, 0.2) is 0 Å². The van der Waals surface area contributed by atoms with Crippen LogP contribution in [-0.2, 0) is 6.42 Å². The molecule has 15 heavy (non-hydrogen) atoms. The molecule has 4 heteroatoms. The van der Waals surface area contributed by atoms with Crippen LogP contribution in [0.5, 0.6) is 5.75 Å². The molecule has 0 N–H and O–H groups in total. The molecule has 2 aromatic rings. The van der Waals surface area contributed by atoms with E-state index in [2.05, 4.69) is 17.1 Å². The second-order valence-corrected chi connectivity index (χ2v) is 4.15. The molecule has 0 aliphatic rings. The van der Waals surface area contributed by atoms with E-state index in [1.165, 1.54) is 0 Å². The van der Waals surface area contributed by atoms with Crippen molar-refractivity contribution in [2.45, 2.75) is 13.3 Å². The largest absolute Gasteiger partial charge is 0.497 e. The average molecular weight is 220 g/mol. The zero-order valence-electron chi connectivity index (χ0n) is 8.73. The molecule has 0 saturated heterocycles. The first-order chi connectivity index (χ1) is 7.33. The summed E-state index contributed by atoms with van der Waals surface area (Å²) in [5.41, 5.74) is 1.09. The van der Waals surface area contributed by atoms with E-state index in [-0.39, 0.29) is 0 Å². The summed E-state index contributed by atoms with van der Waals surface area (Å²) in [6.07, 6.45) is 0.938. The Balaban J connectivity index is 2.28. The number of aromatic nitrogens is 2. The maximum absolute atomic E-state index is 5.10. The van der Waals surface area contributed by atoms with Gasteiger partial charge in [-0.15, -0.1) is 10.2 Å². The third-order valence-electron chi connectivity index (χ3n) is 2.11. The van der Waals surface area contributed by atoms with Gasteiger partial charge in [-0.2, -0.15) is 0 Å². The van der Waals surface area contributed by atoms with Gasteiger partial charge in [-0.1, -0.05) is 18.3 Å². The normalized spacial score (nSPS) is 10.3. The maximum Gasteiger partial charge on any atom is 0.147 e. The van der Waals surface area contributed by atoms with Gasteiger partial charge >= 0.3 is 0 Å². The van der Waals surface area contributed by atoms with Crippen molar-refractivity contribution in [3.8, 4) is 16.3 Å². The van der Waals surface area contributed by atoms with Crippen LogP contribution >= 0.6 is 11.3 Å². The second-order valence-electron chi connectivity index (χ2n) is 3.08. The van der Waals surface area contributed by atoms with Crippen LogP contribution in [0.15, 0.2) is 24.3 Å². The van der Waals surface area contributed by atoms with Gasteiger partial charge in [0.1, 0.15) is 15.8 Å². The number of aryl methyl sites for hydroxylation is 1. The predicted octanol–water partition coefficient (Wildman–Crippen LogP) is 2.78. The second kappa shape index (κ2) is 4.40. The number of rotatable bonds is 3. The molecule has 0 radical (unpaired) electrons. The van der Waals surface area contributed by atoms with Gasteiger partial charge in [0.05, 0.1) is 7.11 Å². The Labute approximate surface area is 92.7 Å². The lowest BCUT2D eigenvalue weighted by atomic mass is 10.2. The van der Waals surface area contributed by atoms with E-state index >= 15 is 0 Å². The number of nitrogens with zero attached hydrogens (tertiary/aromatic N) is 2. The fourth-order valence-corrected chi connectivity index (χ4v) is 2.03. The highest BCUT2D eigenvalue weighted by Gasteiger charge is 2.04. The van der Waals surface area contributed by atoms with Crippen molar-refractivity contribution in [3.05, 3.63) is 29.3 Å². The Bertz CT molecular complexity index is 436. The lowest BCUT2D eigenvalue weighted by Crippen LogP contribution is -1.82. The Morgan fingerprint density at radius 1 is 1.20 bits per heavy atom.